The Morgan fingerprint density at radius 1 is 1.26 bits per heavy atom. The topological polar surface area (TPSA) is 35.2 Å². The second kappa shape index (κ2) is 6.59. The summed E-state index contributed by atoms with van der Waals surface area (Å²) in [5, 5.41) is 0.574. The van der Waals surface area contributed by atoms with Crippen LogP contribution in [0.3, 0.4) is 0 Å². The molecule has 0 aliphatic heterocycles. The van der Waals surface area contributed by atoms with Crippen molar-refractivity contribution in [2.24, 2.45) is 5.73 Å². The highest BCUT2D eigenvalue weighted by Crippen LogP contribution is 2.35. The SMILES string of the molecule is CC(N)C(Oc1cc(Br)ccc1Cl)c1ccc(Br)s1. The Balaban J connectivity index is 2.29. The summed E-state index contributed by atoms with van der Waals surface area (Å²) in [5.74, 6) is 0.628. The zero-order valence-corrected chi connectivity index (χ0v) is 14.8. The van der Waals surface area contributed by atoms with Crippen LogP contribution in [-0.2, 0) is 0 Å². The van der Waals surface area contributed by atoms with Crippen LogP contribution in [0, 0.1) is 0 Å². The third kappa shape index (κ3) is 3.95. The van der Waals surface area contributed by atoms with Crippen molar-refractivity contribution < 1.29 is 4.74 Å². The quantitative estimate of drug-likeness (QED) is 0.712. The standard InChI is InChI=1S/C13H12Br2ClNOS/c1-7(17)13(11-4-5-12(15)19-11)18-10-6-8(14)2-3-9(10)16/h2-7,13H,17H2,1H3. The number of hydrogen-bond donors (Lipinski definition) is 1. The van der Waals surface area contributed by atoms with Crippen LogP contribution in [0.25, 0.3) is 0 Å². The summed E-state index contributed by atoms with van der Waals surface area (Å²) in [6, 6.07) is 9.37. The average Bonchev–Trinajstić information content (AvgIpc) is 2.76. The number of ether oxygens (including phenoxy) is 1. The molecule has 2 atom stereocenters. The number of hydrogen-bond acceptors (Lipinski definition) is 3. The van der Waals surface area contributed by atoms with Crippen molar-refractivity contribution in [2.75, 3.05) is 0 Å². The summed E-state index contributed by atoms with van der Waals surface area (Å²) in [5.41, 5.74) is 6.03. The molecule has 2 aromatic rings. The van der Waals surface area contributed by atoms with E-state index in [1.807, 2.05) is 31.2 Å². The van der Waals surface area contributed by atoms with Gasteiger partial charge in [-0.1, -0.05) is 27.5 Å². The van der Waals surface area contributed by atoms with Crippen LogP contribution in [0.1, 0.15) is 17.9 Å². The molecule has 102 valence electrons. The molecule has 0 amide bonds. The van der Waals surface area contributed by atoms with Crippen molar-refractivity contribution >= 4 is 54.8 Å². The van der Waals surface area contributed by atoms with E-state index < -0.39 is 0 Å². The summed E-state index contributed by atoms with van der Waals surface area (Å²) >= 11 is 14.6. The number of halogens is 3. The van der Waals surface area contributed by atoms with Crippen LogP contribution >= 0.6 is 54.8 Å². The number of benzene rings is 1. The molecule has 1 heterocycles. The first-order valence-electron chi connectivity index (χ1n) is 5.60. The molecule has 0 radical (unpaired) electrons. The first-order valence-corrected chi connectivity index (χ1v) is 8.38. The van der Waals surface area contributed by atoms with Crippen molar-refractivity contribution in [3.05, 3.63) is 48.5 Å². The summed E-state index contributed by atoms with van der Waals surface area (Å²) < 4.78 is 7.96. The van der Waals surface area contributed by atoms with E-state index in [-0.39, 0.29) is 12.1 Å². The summed E-state index contributed by atoms with van der Waals surface area (Å²) in [4.78, 5) is 1.07. The van der Waals surface area contributed by atoms with Crippen LogP contribution in [-0.4, -0.2) is 6.04 Å². The van der Waals surface area contributed by atoms with Gasteiger partial charge in [-0.3, -0.25) is 0 Å². The third-order valence-electron chi connectivity index (χ3n) is 2.50. The van der Waals surface area contributed by atoms with Gasteiger partial charge in [0.1, 0.15) is 11.9 Å². The highest BCUT2D eigenvalue weighted by molar-refractivity contribution is 9.11. The molecular formula is C13H12Br2ClNOS. The molecule has 0 saturated heterocycles. The van der Waals surface area contributed by atoms with E-state index in [1.165, 1.54) is 0 Å². The van der Waals surface area contributed by atoms with Crippen molar-refractivity contribution in [3.8, 4) is 5.75 Å². The molecule has 6 heteroatoms. The molecule has 0 fully saturated rings. The second-order valence-corrected chi connectivity index (χ2v) is 7.93. The van der Waals surface area contributed by atoms with Gasteiger partial charge in [0.15, 0.2) is 0 Å². The number of nitrogens with two attached hydrogens (primary N) is 1. The van der Waals surface area contributed by atoms with Crippen LogP contribution < -0.4 is 10.5 Å². The maximum Gasteiger partial charge on any atom is 0.148 e. The molecule has 0 bridgehead atoms. The van der Waals surface area contributed by atoms with Gasteiger partial charge in [0.05, 0.1) is 8.81 Å². The molecule has 2 nitrogen and oxygen atoms in total. The van der Waals surface area contributed by atoms with E-state index in [4.69, 9.17) is 22.1 Å². The molecule has 0 aliphatic rings. The summed E-state index contributed by atoms with van der Waals surface area (Å²) in [6.07, 6.45) is -0.219. The van der Waals surface area contributed by atoms with E-state index in [9.17, 15) is 0 Å². The fourth-order valence-corrected chi connectivity index (χ4v) is 3.68. The normalized spacial score (nSPS) is 14.2. The lowest BCUT2D eigenvalue weighted by atomic mass is 10.1. The monoisotopic (exact) mass is 423 g/mol. The summed E-state index contributed by atoms with van der Waals surface area (Å²) in [7, 11) is 0. The van der Waals surface area contributed by atoms with Crippen molar-refractivity contribution in [3.63, 3.8) is 0 Å². The third-order valence-corrected chi connectivity index (χ3v) is 4.99. The summed E-state index contributed by atoms with van der Waals surface area (Å²) in [6.45, 7) is 1.92. The van der Waals surface area contributed by atoms with Gasteiger partial charge >= 0.3 is 0 Å². The van der Waals surface area contributed by atoms with E-state index in [1.54, 1.807) is 17.4 Å². The maximum absolute atomic E-state index is 6.15. The van der Waals surface area contributed by atoms with Gasteiger partial charge in [0, 0.05) is 15.4 Å². The molecule has 1 aromatic carbocycles. The number of rotatable bonds is 4. The minimum absolute atomic E-state index is 0.138. The van der Waals surface area contributed by atoms with Gasteiger partial charge in [-0.25, -0.2) is 0 Å². The van der Waals surface area contributed by atoms with Gasteiger partial charge in [-0.05, 0) is 53.2 Å². The molecule has 0 spiro atoms. The Morgan fingerprint density at radius 3 is 2.58 bits per heavy atom. The largest absolute Gasteiger partial charge is 0.482 e. The average molecular weight is 426 g/mol. The highest BCUT2D eigenvalue weighted by Gasteiger charge is 2.21. The van der Waals surface area contributed by atoms with Crippen LogP contribution in [0.4, 0.5) is 0 Å². The minimum atomic E-state index is -0.219. The van der Waals surface area contributed by atoms with Gasteiger partial charge in [-0.15, -0.1) is 11.3 Å². The van der Waals surface area contributed by atoms with Crippen LogP contribution in [0.15, 0.2) is 38.6 Å². The van der Waals surface area contributed by atoms with Gasteiger partial charge in [0.25, 0.3) is 0 Å². The molecule has 0 aliphatic carbocycles. The van der Waals surface area contributed by atoms with Gasteiger partial charge in [-0.2, -0.15) is 0 Å². The fraction of sp³-hybridized carbons (Fsp3) is 0.231. The maximum atomic E-state index is 6.15. The van der Waals surface area contributed by atoms with E-state index in [2.05, 4.69) is 31.9 Å². The van der Waals surface area contributed by atoms with Gasteiger partial charge in [0.2, 0.25) is 0 Å². The van der Waals surface area contributed by atoms with Crippen LogP contribution in [0.5, 0.6) is 5.75 Å². The first kappa shape index (κ1) is 15.3. The zero-order valence-electron chi connectivity index (χ0n) is 10.1. The molecular weight excluding hydrogens is 413 g/mol. The predicted molar refractivity (Wildman–Crippen MR) is 88.2 cm³/mol. The zero-order chi connectivity index (χ0) is 14.0. The van der Waals surface area contributed by atoms with Gasteiger partial charge < -0.3 is 10.5 Å². The van der Waals surface area contributed by atoms with Crippen molar-refractivity contribution in [1.29, 1.82) is 0 Å². The minimum Gasteiger partial charge on any atom is -0.482 e. The van der Waals surface area contributed by atoms with E-state index >= 15 is 0 Å². The smallest absolute Gasteiger partial charge is 0.148 e. The number of thiophene rings is 1. The second-order valence-electron chi connectivity index (χ2n) is 4.11. The fourth-order valence-electron chi connectivity index (χ4n) is 1.61. The van der Waals surface area contributed by atoms with E-state index in [0.717, 1.165) is 13.1 Å². The Hall–Kier alpha value is -0.0700. The molecule has 2 rings (SSSR count). The lowest BCUT2D eigenvalue weighted by Crippen LogP contribution is -2.28. The highest BCUT2D eigenvalue weighted by atomic mass is 79.9. The Kier molecular flexibility index (Phi) is 5.31. The first-order chi connectivity index (χ1) is 8.97. The molecule has 19 heavy (non-hydrogen) atoms. The Labute approximate surface area is 138 Å². The predicted octanol–water partition coefficient (Wildman–Crippen LogP) is 5.39. The lowest BCUT2D eigenvalue weighted by Gasteiger charge is -2.22. The molecule has 0 saturated carbocycles. The Bertz CT molecular complexity index is 574. The molecule has 1 aromatic heterocycles. The van der Waals surface area contributed by atoms with Crippen molar-refractivity contribution in [1.82, 2.24) is 0 Å². The Morgan fingerprint density at radius 2 is 2.00 bits per heavy atom. The van der Waals surface area contributed by atoms with Crippen molar-refractivity contribution in [2.45, 2.75) is 19.1 Å². The van der Waals surface area contributed by atoms with Crippen LogP contribution in [0.2, 0.25) is 5.02 Å². The molecule has 2 unspecified atom stereocenters. The lowest BCUT2D eigenvalue weighted by molar-refractivity contribution is 0.184. The van der Waals surface area contributed by atoms with E-state index in [0.29, 0.717) is 10.8 Å². The molecule has 2 N–H and O–H groups in total.